The number of halogens is 2. The van der Waals surface area contributed by atoms with E-state index in [1.807, 2.05) is 6.92 Å². The lowest BCUT2D eigenvalue weighted by atomic mass is 10.1. The van der Waals surface area contributed by atoms with E-state index in [9.17, 15) is 20.2 Å². The fourth-order valence-corrected chi connectivity index (χ4v) is 2.28. The zero-order valence-corrected chi connectivity index (χ0v) is 14.4. The lowest BCUT2D eigenvalue weighted by molar-refractivity contribution is -0.384. The number of hydrogen-bond donors (Lipinski definition) is 1. The standard InChI is InChI=1S/C17H11Cl2N3O3/c1-10-2-3-13(8-16(10)19)21-17(23)12(9-20)6-11-7-14(22(24)25)4-5-15(11)18/h2-8H,1H3,(H,21,23)/b12-6+. The minimum atomic E-state index is -0.676. The molecule has 1 amide bonds. The van der Waals surface area contributed by atoms with Gasteiger partial charge in [-0.25, -0.2) is 0 Å². The molecule has 0 heterocycles. The number of nitro groups is 1. The number of carbonyl (C=O) groups excluding carboxylic acids is 1. The first kappa shape index (κ1) is 18.5. The number of benzene rings is 2. The Balaban J connectivity index is 2.32. The number of nitriles is 1. The Bertz CT molecular complexity index is 933. The highest BCUT2D eigenvalue weighted by molar-refractivity contribution is 6.32. The van der Waals surface area contributed by atoms with Gasteiger partial charge in [0.25, 0.3) is 11.6 Å². The van der Waals surface area contributed by atoms with Crippen LogP contribution in [0.5, 0.6) is 0 Å². The summed E-state index contributed by atoms with van der Waals surface area (Å²) in [5.41, 5.74) is 1.02. The summed E-state index contributed by atoms with van der Waals surface area (Å²) in [7, 11) is 0. The molecule has 0 aromatic heterocycles. The average molecular weight is 376 g/mol. The zero-order chi connectivity index (χ0) is 18.6. The second-order valence-corrected chi connectivity index (χ2v) is 5.87. The average Bonchev–Trinajstić information content (AvgIpc) is 2.57. The Labute approximate surface area is 153 Å². The molecule has 25 heavy (non-hydrogen) atoms. The number of carbonyl (C=O) groups is 1. The van der Waals surface area contributed by atoms with Crippen molar-refractivity contribution in [1.29, 1.82) is 5.26 Å². The molecule has 0 saturated carbocycles. The van der Waals surface area contributed by atoms with Gasteiger partial charge in [-0.15, -0.1) is 0 Å². The summed E-state index contributed by atoms with van der Waals surface area (Å²) in [6, 6.07) is 10.5. The molecule has 0 saturated heterocycles. The number of non-ortho nitro benzene ring substituents is 1. The van der Waals surface area contributed by atoms with E-state index >= 15 is 0 Å². The van der Waals surface area contributed by atoms with Gasteiger partial charge in [0.15, 0.2) is 0 Å². The lowest BCUT2D eigenvalue weighted by Crippen LogP contribution is -2.13. The van der Waals surface area contributed by atoms with Crippen LogP contribution in [0.15, 0.2) is 42.0 Å². The zero-order valence-electron chi connectivity index (χ0n) is 12.9. The van der Waals surface area contributed by atoms with Crippen LogP contribution in [-0.2, 0) is 4.79 Å². The highest BCUT2D eigenvalue weighted by Crippen LogP contribution is 2.25. The van der Waals surface area contributed by atoms with Crippen LogP contribution in [0, 0.1) is 28.4 Å². The largest absolute Gasteiger partial charge is 0.321 e. The first-order valence-electron chi connectivity index (χ1n) is 6.95. The number of anilines is 1. The van der Waals surface area contributed by atoms with E-state index in [-0.39, 0.29) is 21.8 Å². The van der Waals surface area contributed by atoms with Gasteiger partial charge in [-0.2, -0.15) is 5.26 Å². The van der Waals surface area contributed by atoms with Crippen molar-refractivity contribution in [3.8, 4) is 6.07 Å². The molecular weight excluding hydrogens is 365 g/mol. The van der Waals surface area contributed by atoms with E-state index in [0.29, 0.717) is 10.7 Å². The molecule has 0 unspecified atom stereocenters. The molecule has 2 rings (SSSR count). The smallest absolute Gasteiger partial charge is 0.270 e. The molecule has 2 aromatic rings. The van der Waals surface area contributed by atoms with Crippen molar-refractivity contribution in [2.45, 2.75) is 6.92 Å². The lowest BCUT2D eigenvalue weighted by Gasteiger charge is -2.06. The predicted octanol–water partition coefficient (Wildman–Crippen LogP) is 4.76. The molecule has 0 aliphatic heterocycles. The molecule has 0 bridgehead atoms. The molecule has 6 nitrogen and oxygen atoms in total. The Kier molecular flexibility index (Phi) is 5.75. The van der Waals surface area contributed by atoms with Crippen LogP contribution in [0.1, 0.15) is 11.1 Å². The predicted molar refractivity (Wildman–Crippen MR) is 96.5 cm³/mol. The van der Waals surface area contributed by atoms with E-state index in [2.05, 4.69) is 5.32 Å². The molecule has 0 atom stereocenters. The van der Waals surface area contributed by atoms with E-state index in [0.717, 1.165) is 5.56 Å². The van der Waals surface area contributed by atoms with Crippen LogP contribution in [0.4, 0.5) is 11.4 Å². The maximum atomic E-state index is 12.3. The summed E-state index contributed by atoms with van der Waals surface area (Å²) in [6.07, 6.45) is 1.19. The summed E-state index contributed by atoms with van der Waals surface area (Å²) >= 11 is 12.0. The molecule has 2 aromatic carbocycles. The van der Waals surface area contributed by atoms with Gasteiger partial charge in [0.2, 0.25) is 0 Å². The number of nitrogens with one attached hydrogen (secondary N) is 1. The first-order valence-corrected chi connectivity index (χ1v) is 7.70. The second kappa shape index (κ2) is 7.79. The minimum Gasteiger partial charge on any atom is -0.321 e. The second-order valence-electron chi connectivity index (χ2n) is 5.05. The fraction of sp³-hybridized carbons (Fsp3) is 0.0588. The van der Waals surface area contributed by atoms with E-state index in [1.54, 1.807) is 24.3 Å². The van der Waals surface area contributed by atoms with Crippen molar-refractivity contribution < 1.29 is 9.72 Å². The van der Waals surface area contributed by atoms with Crippen LogP contribution in [0.25, 0.3) is 6.08 Å². The number of amides is 1. The third kappa shape index (κ3) is 4.57. The Morgan fingerprint density at radius 1 is 1.24 bits per heavy atom. The normalized spacial score (nSPS) is 10.9. The summed E-state index contributed by atoms with van der Waals surface area (Å²) < 4.78 is 0. The van der Waals surface area contributed by atoms with Crippen molar-refractivity contribution >= 4 is 46.6 Å². The van der Waals surface area contributed by atoms with Gasteiger partial charge in [-0.05, 0) is 36.8 Å². The highest BCUT2D eigenvalue weighted by Gasteiger charge is 2.13. The highest BCUT2D eigenvalue weighted by atomic mass is 35.5. The quantitative estimate of drug-likeness (QED) is 0.360. The molecule has 0 aliphatic rings. The van der Waals surface area contributed by atoms with E-state index in [4.69, 9.17) is 23.2 Å². The van der Waals surface area contributed by atoms with Gasteiger partial charge in [-0.1, -0.05) is 29.3 Å². The summed E-state index contributed by atoms with van der Waals surface area (Å²) in [6.45, 7) is 1.82. The molecule has 0 spiro atoms. The van der Waals surface area contributed by atoms with Crippen molar-refractivity contribution in [3.05, 3.63) is 73.3 Å². The number of hydrogen-bond acceptors (Lipinski definition) is 4. The van der Waals surface area contributed by atoms with E-state index in [1.165, 1.54) is 24.3 Å². The van der Waals surface area contributed by atoms with Gasteiger partial charge in [-0.3, -0.25) is 14.9 Å². The molecule has 0 fully saturated rings. The molecule has 1 N–H and O–H groups in total. The first-order chi connectivity index (χ1) is 11.8. The monoisotopic (exact) mass is 375 g/mol. The Morgan fingerprint density at radius 3 is 2.56 bits per heavy atom. The van der Waals surface area contributed by atoms with Gasteiger partial charge < -0.3 is 5.32 Å². The third-order valence-electron chi connectivity index (χ3n) is 3.29. The summed E-state index contributed by atoms with van der Waals surface area (Å²) in [4.78, 5) is 22.5. The Hall–Kier alpha value is -2.88. The number of rotatable bonds is 4. The van der Waals surface area contributed by atoms with E-state index < -0.39 is 10.8 Å². The molecular formula is C17H11Cl2N3O3. The maximum Gasteiger partial charge on any atom is 0.270 e. The number of nitrogens with zero attached hydrogens (tertiary/aromatic N) is 2. The van der Waals surface area contributed by atoms with Crippen molar-refractivity contribution in [2.75, 3.05) is 5.32 Å². The topological polar surface area (TPSA) is 96.0 Å². The third-order valence-corrected chi connectivity index (χ3v) is 4.04. The van der Waals surface area contributed by atoms with Crippen molar-refractivity contribution in [2.24, 2.45) is 0 Å². The van der Waals surface area contributed by atoms with Gasteiger partial charge in [0, 0.05) is 33.4 Å². The van der Waals surface area contributed by atoms with Gasteiger partial charge >= 0.3 is 0 Å². The molecule has 0 radical (unpaired) electrons. The van der Waals surface area contributed by atoms with Gasteiger partial charge in [0.05, 0.1) is 4.92 Å². The molecule has 0 aliphatic carbocycles. The minimum absolute atomic E-state index is 0.185. The number of nitro benzene ring substituents is 1. The van der Waals surface area contributed by atoms with Crippen LogP contribution in [0.3, 0.4) is 0 Å². The SMILES string of the molecule is Cc1ccc(NC(=O)/C(C#N)=C/c2cc([N+](=O)[O-])ccc2Cl)cc1Cl. The summed E-state index contributed by atoms with van der Waals surface area (Å²) in [5, 5.41) is 23.3. The summed E-state index contributed by atoms with van der Waals surface area (Å²) in [5.74, 6) is -0.676. The Morgan fingerprint density at radius 2 is 1.96 bits per heavy atom. The van der Waals surface area contributed by atoms with Crippen molar-refractivity contribution in [3.63, 3.8) is 0 Å². The van der Waals surface area contributed by atoms with Gasteiger partial charge in [0.1, 0.15) is 11.6 Å². The van der Waals surface area contributed by atoms with Crippen LogP contribution in [-0.4, -0.2) is 10.8 Å². The number of aryl methyl sites for hydroxylation is 1. The maximum absolute atomic E-state index is 12.3. The van der Waals surface area contributed by atoms with Crippen LogP contribution in [0.2, 0.25) is 10.0 Å². The molecule has 126 valence electrons. The fourth-order valence-electron chi connectivity index (χ4n) is 1.93. The van der Waals surface area contributed by atoms with Crippen LogP contribution < -0.4 is 5.32 Å². The van der Waals surface area contributed by atoms with Crippen molar-refractivity contribution in [1.82, 2.24) is 0 Å². The molecule has 8 heteroatoms. The van der Waals surface area contributed by atoms with Crippen LogP contribution >= 0.6 is 23.2 Å².